The zero-order valence-electron chi connectivity index (χ0n) is 21.2. The Morgan fingerprint density at radius 3 is 2.46 bits per heavy atom. The van der Waals surface area contributed by atoms with Gasteiger partial charge in [-0.25, -0.2) is 0 Å². The lowest BCUT2D eigenvalue weighted by molar-refractivity contribution is -0.135. The summed E-state index contributed by atoms with van der Waals surface area (Å²) >= 11 is 0. The van der Waals surface area contributed by atoms with E-state index in [4.69, 9.17) is 9.15 Å². The number of fused-ring (bicyclic) bond motifs is 3. The van der Waals surface area contributed by atoms with Crippen molar-refractivity contribution in [1.82, 2.24) is 9.47 Å². The van der Waals surface area contributed by atoms with E-state index in [2.05, 4.69) is 11.5 Å². The van der Waals surface area contributed by atoms with Crippen LogP contribution in [0.3, 0.4) is 0 Å². The number of carbonyl (C=O) groups excluding carboxylic acids is 2. The summed E-state index contributed by atoms with van der Waals surface area (Å²) in [5.74, 6) is 1.19. The highest BCUT2D eigenvalue weighted by Crippen LogP contribution is 2.42. The maximum atomic E-state index is 14.1. The van der Waals surface area contributed by atoms with E-state index in [9.17, 15) is 9.59 Å². The molecule has 0 radical (unpaired) electrons. The van der Waals surface area contributed by atoms with Crippen molar-refractivity contribution in [3.8, 4) is 11.4 Å². The molecule has 2 amide bonds. The van der Waals surface area contributed by atoms with E-state index in [1.54, 1.807) is 23.2 Å². The van der Waals surface area contributed by atoms with E-state index in [0.29, 0.717) is 12.3 Å². The van der Waals surface area contributed by atoms with Crippen LogP contribution in [0, 0.1) is 0 Å². The van der Waals surface area contributed by atoms with Gasteiger partial charge in [-0.1, -0.05) is 37.6 Å². The Kier molecular flexibility index (Phi) is 7.12. The van der Waals surface area contributed by atoms with Gasteiger partial charge in [0.15, 0.2) is 0 Å². The summed E-state index contributed by atoms with van der Waals surface area (Å²) in [5.41, 5.74) is 3.53. The van der Waals surface area contributed by atoms with Crippen LogP contribution < -0.4 is 9.64 Å². The number of amides is 2. The number of unbranched alkanes of at least 4 members (excludes halogenated alkanes) is 1. The highest BCUT2D eigenvalue weighted by Gasteiger charge is 2.38. The average molecular weight is 498 g/mol. The first kappa shape index (κ1) is 24.4. The van der Waals surface area contributed by atoms with Gasteiger partial charge in [-0.2, -0.15) is 0 Å². The van der Waals surface area contributed by atoms with Gasteiger partial charge in [-0.05, 0) is 60.5 Å². The molecule has 190 valence electrons. The molecule has 7 heteroatoms. The maximum Gasteiger partial charge on any atom is 0.247 e. The molecule has 0 spiro atoms. The second-order valence-electron chi connectivity index (χ2n) is 9.17. The fourth-order valence-corrected chi connectivity index (χ4v) is 4.89. The molecule has 0 saturated heterocycles. The van der Waals surface area contributed by atoms with Crippen molar-refractivity contribution in [3.05, 3.63) is 102 Å². The Morgan fingerprint density at radius 2 is 1.76 bits per heavy atom. The van der Waals surface area contributed by atoms with Crippen LogP contribution in [0.25, 0.3) is 5.69 Å². The van der Waals surface area contributed by atoms with Crippen LogP contribution in [0.2, 0.25) is 0 Å². The molecule has 0 bridgehead atoms. The normalized spacial score (nSPS) is 14.1. The number of nitrogens with zero attached hydrogens (tertiary/aromatic N) is 3. The third-order valence-electron chi connectivity index (χ3n) is 6.78. The molecule has 2 aromatic carbocycles. The molecule has 1 aliphatic rings. The highest BCUT2D eigenvalue weighted by molar-refractivity contribution is 6.00. The number of para-hydroxylation sites is 2. The van der Waals surface area contributed by atoms with Crippen molar-refractivity contribution in [2.24, 2.45) is 0 Å². The molecule has 0 aliphatic carbocycles. The molecule has 0 fully saturated rings. The van der Waals surface area contributed by atoms with E-state index >= 15 is 0 Å². The van der Waals surface area contributed by atoms with Gasteiger partial charge in [-0.3, -0.25) is 14.5 Å². The minimum atomic E-state index is -0.433. The number of hydrogen-bond acceptors (Lipinski definition) is 4. The first-order valence-corrected chi connectivity index (χ1v) is 12.6. The summed E-state index contributed by atoms with van der Waals surface area (Å²) in [6.45, 7) is 2.59. The molecule has 3 heterocycles. The third-order valence-corrected chi connectivity index (χ3v) is 6.78. The van der Waals surface area contributed by atoms with Gasteiger partial charge in [0, 0.05) is 12.7 Å². The number of aromatic nitrogens is 1. The highest BCUT2D eigenvalue weighted by atomic mass is 16.5. The number of hydrogen-bond donors (Lipinski definition) is 0. The van der Waals surface area contributed by atoms with E-state index in [1.165, 1.54) is 0 Å². The van der Waals surface area contributed by atoms with Crippen LogP contribution in [-0.4, -0.2) is 41.5 Å². The summed E-state index contributed by atoms with van der Waals surface area (Å²) in [4.78, 5) is 30.9. The van der Waals surface area contributed by atoms with Crippen molar-refractivity contribution in [2.75, 3.05) is 25.1 Å². The molecule has 5 rings (SSSR count). The first-order valence-electron chi connectivity index (χ1n) is 12.6. The summed E-state index contributed by atoms with van der Waals surface area (Å²) in [6, 6.07) is 22.6. The van der Waals surface area contributed by atoms with Crippen molar-refractivity contribution >= 4 is 17.5 Å². The molecule has 4 aromatic rings. The van der Waals surface area contributed by atoms with Crippen LogP contribution in [0.4, 0.5) is 5.69 Å². The number of methoxy groups -OCH3 is 1. The number of furan rings is 1. The average Bonchev–Trinajstić information content (AvgIpc) is 3.63. The molecular formula is C30H31N3O4. The SMILES string of the molecule is CCCCN(CC(=O)N1c2ccccc2-n2cccc2C1c1ccco1)C(=O)Cc1ccc(OC)cc1. The summed E-state index contributed by atoms with van der Waals surface area (Å²) < 4.78 is 13.1. The standard InChI is InChI=1S/C30H31N3O4/c1-3-4-17-31(28(34)20-22-13-15-23(36-2)16-14-22)21-29(35)33-25-10-6-5-9-24(25)32-18-7-11-26(32)30(33)27-12-8-19-37-27/h5-16,18-19,30H,3-4,17,20-21H2,1-2H3. The minimum absolute atomic E-state index is 0.0127. The number of rotatable bonds is 9. The molecule has 1 aliphatic heterocycles. The van der Waals surface area contributed by atoms with Crippen LogP contribution >= 0.6 is 0 Å². The fourth-order valence-electron chi connectivity index (χ4n) is 4.89. The largest absolute Gasteiger partial charge is 0.497 e. The first-order chi connectivity index (χ1) is 18.1. The van der Waals surface area contributed by atoms with Crippen LogP contribution in [-0.2, 0) is 16.0 Å². The predicted molar refractivity (Wildman–Crippen MR) is 142 cm³/mol. The van der Waals surface area contributed by atoms with Gasteiger partial charge in [0.2, 0.25) is 11.8 Å². The summed E-state index contributed by atoms with van der Waals surface area (Å²) in [6.07, 6.45) is 5.59. The zero-order valence-corrected chi connectivity index (χ0v) is 21.2. The van der Waals surface area contributed by atoms with E-state index in [1.807, 2.05) is 79.0 Å². The maximum absolute atomic E-state index is 14.1. The third kappa shape index (κ3) is 4.89. The van der Waals surface area contributed by atoms with Gasteiger partial charge in [0.05, 0.1) is 36.9 Å². The molecule has 2 aromatic heterocycles. The number of ether oxygens (including phenoxy) is 1. The van der Waals surface area contributed by atoms with Crippen molar-refractivity contribution in [1.29, 1.82) is 0 Å². The van der Waals surface area contributed by atoms with Crippen molar-refractivity contribution in [2.45, 2.75) is 32.2 Å². The molecule has 0 N–H and O–H groups in total. The summed E-state index contributed by atoms with van der Waals surface area (Å²) in [7, 11) is 1.61. The molecular weight excluding hydrogens is 466 g/mol. The lowest BCUT2D eigenvalue weighted by Crippen LogP contribution is -2.47. The second kappa shape index (κ2) is 10.8. The topological polar surface area (TPSA) is 67.9 Å². The van der Waals surface area contributed by atoms with Gasteiger partial charge in [-0.15, -0.1) is 0 Å². The van der Waals surface area contributed by atoms with E-state index in [-0.39, 0.29) is 24.8 Å². The molecule has 1 atom stereocenters. The van der Waals surface area contributed by atoms with Gasteiger partial charge >= 0.3 is 0 Å². The second-order valence-corrected chi connectivity index (χ2v) is 9.17. The smallest absolute Gasteiger partial charge is 0.247 e. The monoisotopic (exact) mass is 497 g/mol. The Labute approximate surface area is 216 Å². The summed E-state index contributed by atoms with van der Waals surface area (Å²) in [5, 5.41) is 0. The van der Waals surface area contributed by atoms with Crippen molar-refractivity contribution in [3.63, 3.8) is 0 Å². The Hall–Kier alpha value is -4.26. The number of benzene rings is 2. The van der Waals surface area contributed by atoms with E-state index in [0.717, 1.165) is 41.2 Å². The zero-order chi connectivity index (χ0) is 25.8. The number of anilines is 1. The minimum Gasteiger partial charge on any atom is -0.497 e. The molecule has 1 unspecified atom stereocenters. The Balaban J connectivity index is 1.45. The quantitative estimate of drug-likeness (QED) is 0.311. The van der Waals surface area contributed by atoms with E-state index < -0.39 is 6.04 Å². The predicted octanol–water partition coefficient (Wildman–Crippen LogP) is 5.39. The van der Waals surface area contributed by atoms with Gasteiger partial charge in [0.25, 0.3) is 0 Å². The van der Waals surface area contributed by atoms with Gasteiger partial charge in [0.1, 0.15) is 24.1 Å². The van der Waals surface area contributed by atoms with Crippen molar-refractivity contribution < 1.29 is 18.7 Å². The lowest BCUT2D eigenvalue weighted by Gasteiger charge is -2.38. The van der Waals surface area contributed by atoms with Crippen LogP contribution in [0.1, 0.15) is 42.8 Å². The Bertz CT molecular complexity index is 1360. The molecule has 37 heavy (non-hydrogen) atoms. The van der Waals surface area contributed by atoms with Crippen LogP contribution in [0.15, 0.2) is 89.7 Å². The number of carbonyl (C=O) groups is 2. The Morgan fingerprint density at radius 1 is 0.973 bits per heavy atom. The fraction of sp³-hybridized carbons (Fsp3) is 0.267. The molecule has 0 saturated carbocycles. The van der Waals surface area contributed by atoms with Gasteiger partial charge < -0.3 is 18.6 Å². The lowest BCUT2D eigenvalue weighted by atomic mass is 10.0. The van der Waals surface area contributed by atoms with Crippen LogP contribution in [0.5, 0.6) is 5.75 Å². The molecule has 7 nitrogen and oxygen atoms in total.